The third-order valence-corrected chi connectivity index (χ3v) is 5.17. The van der Waals surface area contributed by atoms with Gasteiger partial charge in [0.2, 0.25) is 0 Å². The van der Waals surface area contributed by atoms with E-state index < -0.39 is 0 Å². The molecule has 1 aromatic carbocycles. The molecule has 142 valence electrons. The number of nitrogen functional groups attached to an aromatic ring is 1. The summed E-state index contributed by atoms with van der Waals surface area (Å²) in [6.45, 7) is 4.09. The zero-order valence-corrected chi connectivity index (χ0v) is 16.2. The van der Waals surface area contributed by atoms with Crippen LogP contribution in [0.25, 0.3) is 11.3 Å². The first-order valence-electron chi connectivity index (χ1n) is 9.33. The fourth-order valence-corrected chi connectivity index (χ4v) is 3.77. The van der Waals surface area contributed by atoms with Crippen molar-refractivity contribution in [3.05, 3.63) is 52.3 Å². The number of ether oxygens (including phenoxy) is 1. The summed E-state index contributed by atoms with van der Waals surface area (Å²) < 4.78 is 7.80. The average molecular weight is 374 g/mol. The minimum atomic E-state index is -0.183. The number of aromatic nitrogens is 4. The van der Waals surface area contributed by atoms with Gasteiger partial charge in [-0.05, 0) is 44.2 Å². The largest absolute Gasteiger partial charge is 0.482 e. The predicted octanol–water partition coefficient (Wildman–Crippen LogP) is 3.27. The maximum atomic E-state index is 9.62. The molecule has 3 heterocycles. The standard InChI is InChI=1S/C21H22N6O/c1-12-7-8-14-5-4-6-16-20(18(11-22)27(3)26-16)17-10-19(21(23)25-24-17)28-13(2)15(14)9-12/h7-10,13H,4-6H2,1-3H3,(H2,23,25)/t13-/m1/s1. The van der Waals surface area contributed by atoms with Gasteiger partial charge in [0, 0.05) is 13.1 Å². The Bertz CT molecular complexity index is 1100. The van der Waals surface area contributed by atoms with Gasteiger partial charge >= 0.3 is 0 Å². The molecule has 7 heteroatoms. The Balaban J connectivity index is 1.90. The summed E-state index contributed by atoms with van der Waals surface area (Å²) in [5, 5.41) is 22.5. The molecule has 0 saturated heterocycles. The highest BCUT2D eigenvalue weighted by atomic mass is 16.5. The van der Waals surface area contributed by atoms with Crippen molar-refractivity contribution in [3.8, 4) is 23.1 Å². The normalized spacial score (nSPS) is 16.0. The molecule has 1 aliphatic rings. The van der Waals surface area contributed by atoms with Crippen LogP contribution in [0.2, 0.25) is 0 Å². The van der Waals surface area contributed by atoms with Gasteiger partial charge in [-0.25, -0.2) is 0 Å². The molecule has 0 saturated carbocycles. The van der Waals surface area contributed by atoms with Gasteiger partial charge in [0.1, 0.15) is 23.6 Å². The van der Waals surface area contributed by atoms with Crippen molar-refractivity contribution in [1.29, 1.82) is 5.26 Å². The smallest absolute Gasteiger partial charge is 0.188 e. The lowest BCUT2D eigenvalue weighted by atomic mass is 9.95. The van der Waals surface area contributed by atoms with Crippen LogP contribution in [0.5, 0.6) is 5.75 Å². The molecule has 0 aliphatic carbocycles. The number of nitrogens with two attached hydrogens (primary N) is 1. The maximum absolute atomic E-state index is 9.62. The van der Waals surface area contributed by atoms with E-state index in [4.69, 9.17) is 10.5 Å². The number of benzene rings is 1. The van der Waals surface area contributed by atoms with Crippen LogP contribution in [0.3, 0.4) is 0 Å². The zero-order chi connectivity index (χ0) is 19.8. The summed E-state index contributed by atoms with van der Waals surface area (Å²) in [5.41, 5.74) is 12.2. The summed E-state index contributed by atoms with van der Waals surface area (Å²) >= 11 is 0. The first-order valence-corrected chi connectivity index (χ1v) is 9.33. The Kier molecular flexibility index (Phi) is 4.47. The van der Waals surface area contributed by atoms with Crippen LogP contribution in [-0.2, 0) is 19.9 Å². The molecule has 2 aromatic heterocycles. The summed E-state index contributed by atoms with van der Waals surface area (Å²) in [6.07, 6.45) is 2.37. The second-order valence-corrected chi connectivity index (χ2v) is 7.20. The molecule has 1 atom stereocenters. The number of aryl methyl sites for hydroxylation is 4. The fourth-order valence-electron chi connectivity index (χ4n) is 3.77. The molecule has 2 bridgehead atoms. The van der Waals surface area contributed by atoms with Gasteiger partial charge < -0.3 is 10.5 Å². The van der Waals surface area contributed by atoms with Crippen molar-refractivity contribution in [2.24, 2.45) is 7.05 Å². The molecule has 3 aromatic rings. The van der Waals surface area contributed by atoms with E-state index in [0.29, 0.717) is 22.7 Å². The van der Waals surface area contributed by atoms with Crippen LogP contribution in [0, 0.1) is 18.3 Å². The van der Waals surface area contributed by atoms with E-state index in [0.717, 1.165) is 30.5 Å². The van der Waals surface area contributed by atoms with Crippen molar-refractivity contribution in [3.63, 3.8) is 0 Å². The van der Waals surface area contributed by atoms with Crippen LogP contribution in [0.1, 0.15) is 47.5 Å². The average Bonchev–Trinajstić information content (AvgIpc) is 2.99. The van der Waals surface area contributed by atoms with Crippen molar-refractivity contribution >= 4 is 5.82 Å². The first kappa shape index (κ1) is 18.0. The second-order valence-electron chi connectivity index (χ2n) is 7.20. The SMILES string of the molecule is Cc1ccc2c(c1)[C@@H](C)Oc1cc(nnc1N)-c1c(nn(C)c1C#N)CCC2. The van der Waals surface area contributed by atoms with Crippen LogP contribution < -0.4 is 10.5 Å². The summed E-state index contributed by atoms with van der Waals surface area (Å²) in [7, 11) is 1.77. The summed E-state index contributed by atoms with van der Waals surface area (Å²) in [6, 6.07) is 10.4. The molecule has 0 radical (unpaired) electrons. The monoisotopic (exact) mass is 374 g/mol. The van der Waals surface area contributed by atoms with Crippen LogP contribution >= 0.6 is 0 Å². The lowest BCUT2D eigenvalue weighted by Crippen LogP contribution is -2.11. The lowest BCUT2D eigenvalue weighted by Gasteiger charge is -2.20. The number of fused-ring (bicyclic) bond motifs is 5. The van der Waals surface area contributed by atoms with Crippen molar-refractivity contribution < 1.29 is 4.74 Å². The van der Waals surface area contributed by atoms with Gasteiger partial charge in [0.05, 0.1) is 11.3 Å². The van der Waals surface area contributed by atoms with Crippen molar-refractivity contribution in [1.82, 2.24) is 20.0 Å². The quantitative estimate of drug-likeness (QED) is 0.648. The molecular weight excluding hydrogens is 352 g/mol. The predicted molar refractivity (Wildman–Crippen MR) is 106 cm³/mol. The van der Waals surface area contributed by atoms with E-state index in [1.807, 2.05) is 6.92 Å². The molecule has 0 unspecified atom stereocenters. The van der Waals surface area contributed by atoms with Crippen LogP contribution in [0.4, 0.5) is 5.82 Å². The maximum Gasteiger partial charge on any atom is 0.188 e. The number of nitrogens with zero attached hydrogens (tertiary/aromatic N) is 5. The minimum absolute atomic E-state index is 0.183. The molecule has 0 spiro atoms. The van der Waals surface area contributed by atoms with Gasteiger partial charge in [-0.2, -0.15) is 10.4 Å². The van der Waals surface area contributed by atoms with Crippen molar-refractivity contribution in [2.45, 2.75) is 39.2 Å². The number of hydrogen-bond acceptors (Lipinski definition) is 6. The Hall–Kier alpha value is -3.40. The Labute approximate surface area is 163 Å². The molecule has 4 rings (SSSR count). The van der Waals surface area contributed by atoms with Gasteiger partial charge in [0.25, 0.3) is 0 Å². The summed E-state index contributed by atoms with van der Waals surface area (Å²) in [4.78, 5) is 0. The van der Waals surface area contributed by atoms with Gasteiger partial charge in [0.15, 0.2) is 11.6 Å². The molecule has 7 nitrogen and oxygen atoms in total. The molecule has 2 N–H and O–H groups in total. The van der Waals surface area contributed by atoms with Crippen LogP contribution in [0.15, 0.2) is 24.3 Å². The van der Waals surface area contributed by atoms with E-state index >= 15 is 0 Å². The second kappa shape index (κ2) is 6.97. The van der Waals surface area contributed by atoms with E-state index in [9.17, 15) is 5.26 Å². The highest BCUT2D eigenvalue weighted by Crippen LogP contribution is 2.34. The number of anilines is 1. The number of rotatable bonds is 0. The Morgan fingerprint density at radius 3 is 2.86 bits per heavy atom. The zero-order valence-electron chi connectivity index (χ0n) is 16.2. The highest BCUT2D eigenvalue weighted by Gasteiger charge is 2.23. The van der Waals surface area contributed by atoms with E-state index in [1.54, 1.807) is 17.8 Å². The lowest BCUT2D eigenvalue weighted by molar-refractivity contribution is 0.226. The van der Waals surface area contributed by atoms with E-state index in [-0.39, 0.29) is 11.9 Å². The van der Waals surface area contributed by atoms with E-state index in [1.165, 1.54) is 11.1 Å². The number of nitriles is 1. The third kappa shape index (κ3) is 3.07. The first-order chi connectivity index (χ1) is 13.5. The Morgan fingerprint density at radius 2 is 2.07 bits per heavy atom. The topological polar surface area (TPSA) is 103 Å². The molecule has 1 aliphatic heterocycles. The minimum Gasteiger partial charge on any atom is -0.482 e. The highest BCUT2D eigenvalue weighted by molar-refractivity contribution is 5.70. The van der Waals surface area contributed by atoms with Gasteiger partial charge in [-0.15, -0.1) is 10.2 Å². The van der Waals surface area contributed by atoms with Gasteiger partial charge in [-0.3, -0.25) is 4.68 Å². The van der Waals surface area contributed by atoms with Crippen LogP contribution in [-0.4, -0.2) is 20.0 Å². The summed E-state index contributed by atoms with van der Waals surface area (Å²) in [5.74, 6) is 0.690. The molecule has 0 fully saturated rings. The Morgan fingerprint density at radius 1 is 1.25 bits per heavy atom. The fraction of sp³-hybridized carbons (Fsp3) is 0.333. The molecular formula is C21H22N6O. The third-order valence-electron chi connectivity index (χ3n) is 5.17. The van der Waals surface area contributed by atoms with Gasteiger partial charge in [-0.1, -0.05) is 23.8 Å². The molecule has 0 amide bonds. The van der Waals surface area contributed by atoms with Crippen molar-refractivity contribution in [2.75, 3.05) is 5.73 Å². The van der Waals surface area contributed by atoms with E-state index in [2.05, 4.69) is 46.5 Å². The number of hydrogen-bond donors (Lipinski definition) is 1. The molecule has 28 heavy (non-hydrogen) atoms.